The number of rotatable bonds is 4. The SMILES string of the molecule is C[C@H]1C(=O)N(Cc2ccc3c(Cl)ccnc3c2)CCN1C(=O)C=Cc1cc(Br)cs1. The molecule has 0 unspecified atom stereocenters. The second-order valence-corrected chi connectivity index (χ2v) is 9.38. The molecule has 5 nitrogen and oxygen atoms in total. The van der Waals surface area contributed by atoms with E-state index in [-0.39, 0.29) is 11.8 Å². The van der Waals surface area contributed by atoms with Crippen molar-refractivity contribution in [2.75, 3.05) is 13.1 Å². The molecule has 154 valence electrons. The predicted molar refractivity (Wildman–Crippen MR) is 124 cm³/mol. The number of nitrogens with zero attached hydrogens (tertiary/aromatic N) is 3. The molecule has 1 aliphatic heterocycles. The fourth-order valence-electron chi connectivity index (χ4n) is 3.53. The van der Waals surface area contributed by atoms with Crippen molar-refractivity contribution < 1.29 is 9.59 Å². The fourth-order valence-corrected chi connectivity index (χ4v) is 5.08. The fraction of sp³-hybridized carbons (Fsp3) is 0.227. The normalized spacial score (nSPS) is 17.3. The Morgan fingerprint density at radius 1 is 1.33 bits per heavy atom. The van der Waals surface area contributed by atoms with Crippen molar-refractivity contribution in [2.45, 2.75) is 19.5 Å². The Kier molecular flexibility index (Phi) is 6.22. The summed E-state index contributed by atoms with van der Waals surface area (Å²) in [4.78, 5) is 34.3. The molecule has 2 aromatic heterocycles. The van der Waals surface area contributed by atoms with Gasteiger partial charge in [-0.1, -0.05) is 23.7 Å². The summed E-state index contributed by atoms with van der Waals surface area (Å²) in [5.41, 5.74) is 1.79. The van der Waals surface area contributed by atoms with E-state index in [2.05, 4.69) is 20.9 Å². The topological polar surface area (TPSA) is 53.5 Å². The van der Waals surface area contributed by atoms with E-state index in [1.54, 1.807) is 46.4 Å². The first-order valence-electron chi connectivity index (χ1n) is 9.47. The number of pyridine rings is 1. The number of halogens is 2. The molecule has 1 fully saturated rings. The highest BCUT2D eigenvalue weighted by Crippen LogP contribution is 2.24. The lowest BCUT2D eigenvalue weighted by Gasteiger charge is -2.38. The average Bonchev–Trinajstić information content (AvgIpc) is 3.15. The van der Waals surface area contributed by atoms with Crippen molar-refractivity contribution in [3.05, 3.63) is 67.9 Å². The zero-order chi connectivity index (χ0) is 21.3. The summed E-state index contributed by atoms with van der Waals surface area (Å²) >= 11 is 11.2. The monoisotopic (exact) mass is 503 g/mol. The van der Waals surface area contributed by atoms with E-state index >= 15 is 0 Å². The van der Waals surface area contributed by atoms with Crippen LogP contribution in [0.4, 0.5) is 0 Å². The first kappa shape index (κ1) is 21.0. The molecule has 0 N–H and O–H groups in total. The maximum absolute atomic E-state index is 12.9. The number of aromatic nitrogens is 1. The van der Waals surface area contributed by atoms with Crippen molar-refractivity contribution in [1.82, 2.24) is 14.8 Å². The lowest BCUT2D eigenvalue weighted by atomic mass is 10.1. The number of benzene rings is 1. The third kappa shape index (κ3) is 4.43. The van der Waals surface area contributed by atoms with Crippen LogP contribution in [0.25, 0.3) is 17.0 Å². The molecule has 8 heteroatoms. The Bertz CT molecular complexity index is 1150. The summed E-state index contributed by atoms with van der Waals surface area (Å²) in [7, 11) is 0. The predicted octanol–water partition coefficient (Wildman–Crippen LogP) is 4.98. The molecular weight excluding hydrogens is 486 g/mol. The van der Waals surface area contributed by atoms with Gasteiger partial charge in [0.25, 0.3) is 0 Å². The van der Waals surface area contributed by atoms with Crippen LogP contribution in [0.3, 0.4) is 0 Å². The van der Waals surface area contributed by atoms with Gasteiger partial charge in [0.2, 0.25) is 11.8 Å². The quantitative estimate of drug-likeness (QED) is 0.471. The first-order chi connectivity index (χ1) is 14.4. The van der Waals surface area contributed by atoms with E-state index in [1.165, 1.54) is 6.08 Å². The maximum Gasteiger partial charge on any atom is 0.247 e. The number of piperazine rings is 1. The molecule has 1 aliphatic rings. The molecule has 30 heavy (non-hydrogen) atoms. The number of hydrogen-bond acceptors (Lipinski definition) is 4. The highest BCUT2D eigenvalue weighted by atomic mass is 79.9. The molecule has 4 rings (SSSR count). The van der Waals surface area contributed by atoms with E-state index in [0.29, 0.717) is 24.7 Å². The third-order valence-electron chi connectivity index (χ3n) is 5.14. The largest absolute Gasteiger partial charge is 0.335 e. The summed E-state index contributed by atoms with van der Waals surface area (Å²) in [5.74, 6) is -0.203. The second-order valence-electron chi connectivity index (χ2n) is 7.11. The van der Waals surface area contributed by atoms with Crippen LogP contribution in [-0.2, 0) is 16.1 Å². The number of fused-ring (bicyclic) bond motifs is 1. The van der Waals surface area contributed by atoms with Gasteiger partial charge in [0.1, 0.15) is 6.04 Å². The molecule has 0 radical (unpaired) electrons. The van der Waals surface area contributed by atoms with Crippen LogP contribution in [0, 0.1) is 0 Å². The van der Waals surface area contributed by atoms with Crippen LogP contribution >= 0.6 is 38.9 Å². The number of amides is 2. The Morgan fingerprint density at radius 3 is 2.93 bits per heavy atom. The molecule has 2 amide bonds. The maximum atomic E-state index is 12.9. The molecule has 1 atom stereocenters. The zero-order valence-corrected chi connectivity index (χ0v) is 19.4. The van der Waals surface area contributed by atoms with E-state index in [1.807, 2.05) is 29.6 Å². The lowest BCUT2D eigenvalue weighted by molar-refractivity contribution is -0.148. The molecule has 1 aromatic carbocycles. The van der Waals surface area contributed by atoms with Crippen LogP contribution in [0.2, 0.25) is 5.02 Å². The molecule has 0 spiro atoms. The van der Waals surface area contributed by atoms with E-state index in [0.717, 1.165) is 25.8 Å². The number of thiophene rings is 1. The van der Waals surface area contributed by atoms with Gasteiger partial charge in [0.15, 0.2) is 0 Å². The Labute approximate surface area is 192 Å². The minimum absolute atomic E-state index is 0.0546. The highest BCUT2D eigenvalue weighted by molar-refractivity contribution is 9.10. The van der Waals surface area contributed by atoms with Gasteiger partial charge in [0, 0.05) is 52.0 Å². The summed E-state index contributed by atoms with van der Waals surface area (Å²) in [6.45, 7) is 3.26. The van der Waals surface area contributed by atoms with E-state index < -0.39 is 6.04 Å². The Balaban J connectivity index is 1.43. The van der Waals surface area contributed by atoms with Crippen LogP contribution in [0.1, 0.15) is 17.4 Å². The van der Waals surface area contributed by atoms with Crippen LogP contribution in [-0.4, -0.2) is 45.7 Å². The lowest BCUT2D eigenvalue weighted by Crippen LogP contribution is -2.56. The van der Waals surface area contributed by atoms with Crippen molar-refractivity contribution in [3.8, 4) is 0 Å². The van der Waals surface area contributed by atoms with Crippen molar-refractivity contribution in [2.24, 2.45) is 0 Å². The van der Waals surface area contributed by atoms with Crippen molar-refractivity contribution in [3.63, 3.8) is 0 Å². The smallest absolute Gasteiger partial charge is 0.247 e. The number of hydrogen-bond donors (Lipinski definition) is 0. The molecule has 0 bridgehead atoms. The van der Waals surface area contributed by atoms with Gasteiger partial charge in [0.05, 0.1) is 10.5 Å². The third-order valence-corrected chi connectivity index (χ3v) is 7.12. The van der Waals surface area contributed by atoms with Gasteiger partial charge >= 0.3 is 0 Å². The van der Waals surface area contributed by atoms with Crippen LogP contribution in [0.5, 0.6) is 0 Å². The molecular formula is C22H19BrClN3O2S. The summed E-state index contributed by atoms with van der Waals surface area (Å²) < 4.78 is 0.989. The Hall–Kier alpha value is -2.22. The van der Waals surface area contributed by atoms with Crippen LogP contribution in [0.15, 0.2) is 52.5 Å². The molecule has 1 saturated heterocycles. The highest BCUT2D eigenvalue weighted by Gasteiger charge is 2.33. The van der Waals surface area contributed by atoms with Gasteiger partial charge in [-0.15, -0.1) is 11.3 Å². The summed E-state index contributed by atoms with van der Waals surface area (Å²) in [6, 6.07) is 9.07. The van der Waals surface area contributed by atoms with Gasteiger partial charge in [-0.05, 0) is 52.7 Å². The van der Waals surface area contributed by atoms with E-state index in [9.17, 15) is 9.59 Å². The van der Waals surface area contributed by atoms with Crippen molar-refractivity contribution in [1.29, 1.82) is 0 Å². The van der Waals surface area contributed by atoms with Crippen LogP contribution < -0.4 is 0 Å². The second kappa shape index (κ2) is 8.88. The first-order valence-corrected chi connectivity index (χ1v) is 11.5. The minimum atomic E-state index is -0.501. The molecule has 0 aliphatic carbocycles. The number of carbonyl (C=O) groups is 2. The standard InChI is InChI=1S/C22H19BrClN3O2S/c1-14-22(29)26(12-15-2-4-18-19(24)6-7-25-20(18)10-15)8-9-27(14)21(28)5-3-17-11-16(23)13-30-17/h2-7,10-11,13-14H,8-9,12H2,1H3/t14-/m0/s1. The number of carbonyl (C=O) groups excluding carboxylic acids is 2. The van der Waals surface area contributed by atoms with Gasteiger partial charge in [-0.25, -0.2) is 0 Å². The zero-order valence-electron chi connectivity index (χ0n) is 16.2. The van der Waals surface area contributed by atoms with Crippen molar-refractivity contribution >= 4 is 67.7 Å². The van der Waals surface area contributed by atoms with E-state index in [4.69, 9.17) is 11.6 Å². The Morgan fingerprint density at radius 2 is 2.17 bits per heavy atom. The summed E-state index contributed by atoms with van der Waals surface area (Å²) in [5, 5.41) is 3.51. The molecule has 3 heterocycles. The molecule has 0 saturated carbocycles. The van der Waals surface area contributed by atoms with Gasteiger partial charge < -0.3 is 9.80 Å². The van der Waals surface area contributed by atoms with Gasteiger partial charge in [-0.2, -0.15) is 0 Å². The molecule has 3 aromatic rings. The average molecular weight is 505 g/mol. The minimum Gasteiger partial charge on any atom is -0.335 e. The summed E-state index contributed by atoms with van der Waals surface area (Å²) in [6.07, 6.45) is 5.00. The van der Waals surface area contributed by atoms with Gasteiger partial charge in [-0.3, -0.25) is 14.6 Å².